The predicted octanol–water partition coefficient (Wildman–Crippen LogP) is 0.559. The van der Waals surface area contributed by atoms with E-state index in [4.69, 9.17) is 4.55 Å². The van der Waals surface area contributed by atoms with Crippen LogP contribution in [0.4, 0.5) is 0 Å². The first-order chi connectivity index (χ1) is 4.06. The van der Waals surface area contributed by atoms with Gasteiger partial charge < -0.3 is 0 Å². The molecule has 0 aliphatic heterocycles. The minimum atomic E-state index is -3.07. The Bertz CT molecular complexity index is 151. The molecule has 0 aromatic rings. The molecule has 0 aliphatic rings. The van der Waals surface area contributed by atoms with E-state index in [-0.39, 0.29) is 0 Å². The Balaban J connectivity index is 3.30. The molecule has 9 heavy (non-hydrogen) atoms. The van der Waals surface area contributed by atoms with Gasteiger partial charge in [0.25, 0.3) is 0 Å². The van der Waals surface area contributed by atoms with Crippen LogP contribution in [0.5, 0.6) is 0 Å². The third-order valence-corrected chi connectivity index (χ3v) is 1.80. The molecule has 0 radical (unpaired) electrons. The van der Waals surface area contributed by atoms with Crippen LogP contribution in [0.2, 0.25) is 0 Å². The van der Waals surface area contributed by atoms with Gasteiger partial charge in [-0.2, -0.15) is 0 Å². The van der Waals surface area contributed by atoms with Crippen LogP contribution in [0.3, 0.4) is 0 Å². The van der Waals surface area contributed by atoms with E-state index >= 15 is 0 Å². The Morgan fingerprint density at radius 2 is 2.33 bits per heavy atom. The molecule has 1 unspecified atom stereocenters. The Kier molecular flexibility index (Phi) is 4.70. The van der Waals surface area contributed by atoms with Gasteiger partial charge in [-0.3, -0.25) is 0 Å². The molecule has 56 valence electrons. The number of unbranched alkanes of at least 4 members (excludes halogenated alkanes) is 1. The zero-order valence-electron chi connectivity index (χ0n) is 5.20. The summed E-state index contributed by atoms with van der Waals surface area (Å²) in [5.41, 5.74) is 0. The first kappa shape index (κ1) is 9.59. The van der Waals surface area contributed by atoms with Crippen LogP contribution in [0.1, 0.15) is 19.8 Å². The molecule has 0 spiro atoms. The Labute approximate surface area is 62.5 Å². The van der Waals surface area contributed by atoms with Crippen molar-refractivity contribution >= 4 is 22.8 Å². The predicted molar refractivity (Wildman–Crippen MR) is 37.4 cm³/mol. The topological polar surface area (TPSA) is 46.5 Å². The van der Waals surface area contributed by atoms with Crippen molar-refractivity contribution in [3.05, 3.63) is 0 Å². The van der Waals surface area contributed by atoms with Gasteiger partial charge in [0, 0.05) is 0 Å². The fourth-order valence-corrected chi connectivity index (χ4v) is 1.07. The summed E-state index contributed by atoms with van der Waals surface area (Å²) in [6.07, 6.45) is 1.79. The summed E-state index contributed by atoms with van der Waals surface area (Å²) < 4.78 is 23.3. The van der Waals surface area contributed by atoms with Crippen LogP contribution in [0, 0.1) is 0 Å². The molecule has 0 heterocycles. The standard InChI is InChI=1S/C4H10O3SSe/c1-2-3-4-7-8(5,6)9/h2-4H2,1H3,(H,5,6,9). The summed E-state index contributed by atoms with van der Waals surface area (Å²) in [6, 6.07) is 0. The van der Waals surface area contributed by atoms with Gasteiger partial charge in [0.2, 0.25) is 0 Å². The van der Waals surface area contributed by atoms with Crippen molar-refractivity contribution < 1.29 is 12.9 Å². The first-order valence-corrected chi connectivity index (χ1v) is 6.14. The molecule has 3 nitrogen and oxygen atoms in total. The zero-order chi connectivity index (χ0) is 7.33. The van der Waals surface area contributed by atoms with Crippen molar-refractivity contribution in [1.82, 2.24) is 0 Å². The molecule has 0 aromatic heterocycles. The fraction of sp³-hybridized carbons (Fsp3) is 1.00. The number of rotatable bonds is 4. The van der Waals surface area contributed by atoms with Gasteiger partial charge in [-0.1, -0.05) is 0 Å². The molecule has 1 atom stereocenters. The van der Waals surface area contributed by atoms with Crippen LogP contribution in [-0.4, -0.2) is 29.8 Å². The van der Waals surface area contributed by atoms with Gasteiger partial charge in [0.1, 0.15) is 0 Å². The van der Waals surface area contributed by atoms with E-state index in [1.54, 1.807) is 0 Å². The molecule has 5 heteroatoms. The van der Waals surface area contributed by atoms with Gasteiger partial charge >= 0.3 is 62.1 Å². The van der Waals surface area contributed by atoms with Crippen LogP contribution < -0.4 is 0 Å². The zero-order valence-corrected chi connectivity index (χ0v) is 7.73. The average molecular weight is 217 g/mol. The van der Waals surface area contributed by atoms with Crippen molar-refractivity contribution in [2.24, 2.45) is 0 Å². The van der Waals surface area contributed by atoms with Crippen LogP contribution >= 0.6 is 0 Å². The van der Waals surface area contributed by atoms with Gasteiger partial charge in [0.15, 0.2) is 0 Å². The van der Waals surface area contributed by atoms with E-state index < -0.39 is 8.42 Å². The summed E-state index contributed by atoms with van der Waals surface area (Å²) in [6.45, 7) is 2.33. The van der Waals surface area contributed by atoms with Crippen molar-refractivity contribution in [3.63, 3.8) is 0 Å². The van der Waals surface area contributed by atoms with Crippen molar-refractivity contribution in [2.45, 2.75) is 19.8 Å². The summed E-state index contributed by atoms with van der Waals surface area (Å²) in [7, 11) is -3.07. The van der Waals surface area contributed by atoms with E-state index in [0.717, 1.165) is 12.8 Å². The molecule has 0 amide bonds. The molecule has 0 bridgehead atoms. The second-order valence-corrected chi connectivity index (χ2v) is 5.35. The van der Waals surface area contributed by atoms with E-state index in [1.165, 1.54) is 0 Å². The fourth-order valence-electron chi connectivity index (χ4n) is 0.309. The van der Waals surface area contributed by atoms with Crippen LogP contribution in [-0.2, 0) is 12.6 Å². The molecule has 0 saturated heterocycles. The Morgan fingerprint density at radius 1 is 1.78 bits per heavy atom. The third kappa shape index (κ3) is 8.59. The molecular formula is C4H10O3SSe. The van der Waals surface area contributed by atoms with Crippen molar-refractivity contribution in [3.8, 4) is 0 Å². The molecule has 0 aliphatic carbocycles. The van der Waals surface area contributed by atoms with Gasteiger partial charge in [-0.15, -0.1) is 0 Å². The van der Waals surface area contributed by atoms with E-state index in [0.29, 0.717) is 6.61 Å². The van der Waals surface area contributed by atoms with Crippen LogP contribution in [0.25, 0.3) is 0 Å². The maximum absolute atomic E-state index is 10.3. The van der Waals surface area contributed by atoms with Crippen LogP contribution in [0.15, 0.2) is 0 Å². The number of hydrogen-bond donors (Lipinski definition) is 1. The van der Waals surface area contributed by atoms with Gasteiger partial charge in [0.05, 0.1) is 0 Å². The van der Waals surface area contributed by atoms with E-state index in [2.05, 4.69) is 4.18 Å². The van der Waals surface area contributed by atoms with E-state index in [1.807, 2.05) is 21.3 Å². The monoisotopic (exact) mass is 218 g/mol. The second-order valence-electron chi connectivity index (χ2n) is 1.60. The van der Waals surface area contributed by atoms with Crippen molar-refractivity contribution in [2.75, 3.05) is 6.61 Å². The van der Waals surface area contributed by atoms with E-state index in [9.17, 15) is 4.21 Å². The van der Waals surface area contributed by atoms with Gasteiger partial charge in [-0.25, -0.2) is 0 Å². The molecule has 0 saturated carbocycles. The minimum absolute atomic E-state index is 0.346. The molecule has 0 aromatic carbocycles. The Morgan fingerprint density at radius 3 is 2.67 bits per heavy atom. The Hall–Kier alpha value is 0.589. The normalized spacial score (nSPS) is 17.1. The molecule has 0 rings (SSSR count). The molecule has 0 fully saturated rings. The maximum atomic E-state index is 10.3. The summed E-state index contributed by atoms with van der Waals surface area (Å²) in [5.74, 6) is 0. The summed E-state index contributed by atoms with van der Waals surface area (Å²) >= 11 is 2.04. The SMILES string of the molecule is CCCCOS(=O)(O)=[Se]. The molecule has 1 N–H and O–H groups in total. The van der Waals surface area contributed by atoms with Crippen molar-refractivity contribution in [1.29, 1.82) is 0 Å². The summed E-state index contributed by atoms with van der Waals surface area (Å²) in [5, 5.41) is 0. The molecular weight excluding hydrogens is 207 g/mol. The van der Waals surface area contributed by atoms with Gasteiger partial charge in [-0.05, 0) is 0 Å². The first-order valence-electron chi connectivity index (χ1n) is 2.68. The number of hydrogen-bond acceptors (Lipinski definition) is 2. The quantitative estimate of drug-likeness (QED) is 0.552. The third-order valence-electron chi connectivity index (χ3n) is 0.730. The second kappa shape index (κ2) is 4.41. The average Bonchev–Trinajstić information content (AvgIpc) is 1.63. The summed E-state index contributed by atoms with van der Waals surface area (Å²) in [4.78, 5) is 0.